The summed E-state index contributed by atoms with van der Waals surface area (Å²) in [6.07, 6.45) is 3.73. The molecule has 0 unspecified atom stereocenters. The van der Waals surface area contributed by atoms with Crippen molar-refractivity contribution in [1.82, 2.24) is 15.1 Å². The molecule has 29 heavy (non-hydrogen) atoms. The third kappa shape index (κ3) is 4.68. The van der Waals surface area contributed by atoms with E-state index >= 15 is 0 Å². The van der Waals surface area contributed by atoms with Crippen LogP contribution in [0.2, 0.25) is 0 Å². The Morgan fingerprint density at radius 3 is 2.72 bits per heavy atom. The fourth-order valence-corrected chi connectivity index (χ4v) is 3.23. The minimum atomic E-state index is -0.238. The van der Waals surface area contributed by atoms with E-state index in [0.717, 1.165) is 24.2 Å². The molecule has 1 aromatic heterocycles. The summed E-state index contributed by atoms with van der Waals surface area (Å²) in [7, 11) is 0. The number of urea groups is 1. The number of amides is 2. The summed E-state index contributed by atoms with van der Waals surface area (Å²) in [4.78, 5) is 12.1. The molecular formula is C22H24N4O3. The van der Waals surface area contributed by atoms with E-state index in [1.54, 1.807) is 18.2 Å². The van der Waals surface area contributed by atoms with Gasteiger partial charge in [-0.1, -0.05) is 18.2 Å². The molecule has 4 rings (SSSR count). The van der Waals surface area contributed by atoms with Gasteiger partial charge in [-0.25, -0.2) is 9.48 Å². The Morgan fingerprint density at radius 1 is 1.10 bits per heavy atom. The van der Waals surface area contributed by atoms with Gasteiger partial charge in [0.05, 0.1) is 11.4 Å². The van der Waals surface area contributed by atoms with Crippen LogP contribution in [0.4, 0.5) is 10.5 Å². The van der Waals surface area contributed by atoms with Crippen molar-refractivity contribution in [2.45, 2.75) is 19.8 Å². The van der Waals surface area contributed by atoms with Crippen molar-refractivity contribution in [3.8, 4) is 17.2 Å². The van der Waals surface area contributed by atoms with E-state index in [1.165, 1.54) is 5.56 Å². The van der Waals surface area contributed by atoms with Crippen molar-refractivity contribution < 1.29 is 14.3 Å². The quantitative estimate of drug-likeness (QED) is 0.627. The van der Waals surface area contributed by atoms with Gasteiger partial charge >= 0.3 is 6.03 Å². The molecule has 0 bridgehead atoms. The summed E-state index contributed by atoms with van der Waals surface area (Å²) in [6, 6.07) is 15.2. The van der Waals surface area contributed by atoms with Gasteiger partial charge in [0.1, 0.15) is 13.2 Å². The number of ether oxygens (including phenoxy) is 2. The molecule has 7 heteroatoms. The third-order valence-corrected chi connectivity index (χ3v) is 4.73. The van der Waals surface area contributed by atoms with Gasteiger partial charge in [0.15, 0.2) is 11.5 Å². The Balaban J connectivity index is 1.24. The predicted octanol–water partition coefficient (Wildman–Crippen LogP) is 3.71. The highest BCUT2D eigenvalue weighted by Crippen LogP contribution is 2.32. The molecule has 0 saturated carbocycles. The summed E-state index contributed by atoms with van der Waals surface area (Å²) in [5.41, 5.74) is 3.91. The molecule has 2 amide bonds. The van der Waals surface area contributed by atoms with Crippen molar-refractivity contribution in [2.75, 3.05) is 25.1 Å². The number of hydrogen-bond acceptors (Lipinski definition) is 4. The van der Waals surface area contributed by atoms with Crippen LogP contribution in [-0.2, 0) is 6.42 Å². The first-order chi connectivity index (χ1) is 14.2. The Bertz CT molecular complexity index is 985. The molecule has 2 heterocycles. The van der Waals surface area contributed by atoms with Crippen LogP contribution in [0.25, 0.3) is 5.69 Å². The van der Waals surface area contributed by atoms with E-state index in [0.29, 0.717) is 36.9 Å². The smallest absolute Gasteiger partial charge is 0.319 e. The number of para-hydroxylation sites is 1. The van der Waals surface area contributed by atoms with E-state index in [2.05, 4.69) is 21.9 Å². The number of aryl methyl sites for hydroxylation is 2. The first-order valence-corrected chi connectivity index (χ1v) is 9.74. The standard InChI is InChI=1S/C22H24N4O3/c1-16-17(15-26(25-16)19-7-3-2-4-8-19)6-5-11-23-22(27)24-18-9-10-20-21(14-18)29-13-12-28-20/h2-4,7-10,14-15H,5-6,11-13H2,1H3,(H2,23,24,27). The van der Waals surface area contributed by atoms with Crippen molar-refractivity contribution in [3.05, 3.63) is 66.0 Å². The normalized spacial score (nSPS) is 12.4. The molecule has 0 spiro atoms. The third-order valence-electron chi connectivity index (χ3n) is 4.73. The number of nitrogens with zero attached hydrogens (tertiary/aromatic N) is 2. The van der Waals surface area contributed by atoms with Gasteiger partial charge in [-0.3, -0.25) is 0 Å². The molecule has 2 N–H and O–H groups in total. The zero-order valence-corrected chi connectivity index (χ0v) is 16.4. The number of hydrogen-bond donors (Lipinski definition) is 2. The highest BCUT2D eigenvalue weighted by atomic mass is 16.6. The largest absolute Gasteiger partial charge is 0.486 e. The second kappa shape index (κ2) is 8.68. The minimum Gasteiger partial charge on any atom is -0.486 e. The highest BCUT2D eigenvalue weighted by molar-refractivity contribution is 5.89. The lowest BCUT2D eigenvalue weighted by molar-refractivity contribution is 0.171. The van der Waals surface area contributed by atoms with Crippen LogP contribution >= 0.6 is 0 Å². The molecule has 3 aromatic rings. The Morgan fingerprint density at radius 2 is 1.90 bits per heavy atom. The average Bonchev–Trinajstić information content (AvgIpc) is 3.12. The van der Waals surface area contributed by atoms with Crippen LogP contribution in [0, 0.1) is 6.92 Å². The van der Waals surface area contributed by atoms with Crippen molar-refractivity contribution in [2.24, 2.45) is 0 Å². The van der Waals surface area contributed by atoms with Gasteiger partial charge in [-0.05, 0) is 49.6 Å². The number of benzene rings is 2. The second-order valence-electron chi connectivity index (χ2n) is 6.86. The molecular weight excluding hydrogens is 368 g/mol. The van der Waals surface area contributed by atoms with E-state index in [1.807, 2.05) is 41.9 Å². The molecule has 1 aliphatic rings. The topological polar surface area (TPSA) is 77.4 Å². The van der Waals surface area contributed by atoms with Gasteiger partial charge in [0.25, 0.3) is 0 Å². The lowest BCUT2D eigenvalue weighted by Crippen LogP contribution is -2.29. The molecule has 7 nitrogen and oxygen atoms in total. The average molecular weight is 392 g/mol. The highest BCUT2D eigenvalue weighted by Gasteiger charge is 2.12. The number of nitrogens with one attached hydrogen (secondary N) is 2. The van der Waals surface area contributed by atoms with Crippen LogP contribution in [0.5, 0.6) is 11.5 Å². The summed E-state index contributed by atoms with van der Waals surface area (Å²) >= 11 is 0. The number of aromatic nitrogens is 2. The second-order valence-corrected chi connectivity index (χ2v) is 6.86. The van der Waals surface area contributed by atoms with Gasteiger partial charge < -0.3 is 20.1 Å². The van der Waals surface area contributed by atoms with E-state index in [9.17, 15) is 4.79 Å². The molecule has 150 valence electrons. The Kier molecular flexibility index (Phi) is 5.65. The number of rotatable bonds is 6. The summed E-state index contributed by atoms with van der Waals surface area (Å²) < 4.78 is 12.9. The monoisotopic (exact) mass is 392 g/mol. The Hall–Kier alpha value is -3.48. The van der Waals surface area contributed by atoms with Gasteiger partial charge in [-0.2, -0.15) is 5.10 Å². The van der Waals surface area contributed by atoms with Crippen LogP contribution in [0.3, 0.4) is 0 Å². The van der Waals surface area contributed by atoms with Crippen LogP contribution < -0.4 is 20.1 Å². The molecule has 2 aromatic carbocycles. The number of fused-ring (bicyclic) bond motifs is 1. The van der Waals surface area contributed by atoms with Gasteiger partial charge in [0.2, 0.25) is 0 Å². The number of carbonyl (C=O) groups is 1. The zero-order chi connectivity index (χ0) is 20.1. The first-order valence-electron chi connectivity index (χ1n) is 9.74. The summed E-state index contributed by atoms with van der Waals surface area (Å²) in [5.74, 6) is 1.36. The zero-order valence-electron chi connectivity index (χ0n) is 16.4. The molecule has 1 aliphatic heterocycles. The van der Waals surface area contributed by atoms with Crippen molar-refractivity contribution in [1.29, 1.82) is 0 Å². The maximum absolute atomic E-state index is 12.1. The first kappa shape index (κ1) is 18.9. The SMILES string of the molecule is Cc1nn(-c2ccccc2)cc1CCCNC(=O)Nc1ccc2c(c1)OCCO2. The van der Waals surface area contributed by atoms with Crippen LogP contribution in [-0.4, -0.2) is 35.6 Å². The number of anilines is 1. The summed E-state index contributed by atoms with van der Waals surface area (Å²) in [5, 5.41) is 10.3. The fourth-order valence-electron chi connectivity index (χ4n) is 3.23. The van der Waals surface area contributed by atoms with E-state index < -0.39 is 0 Å². The maximum atomic E-state index is 12.1. The van der Waals surface area contributed by atoms with Crippen LogP contribution in [0.1, 0.15) is 17.7 Å². The Labute approximate surface area is 169 Å². The number of carbonyl (C=O) groups excluding carboxylic acids is 1. The fraction of sp³-hybridized carbons (Fsp3) is 0.273. The minimum absolute atomic E-state index is 0.238. The molecule has 0 aliphatic carbocycles. The molecule has 0 fully saturated rings. The molecule has 0 atom stereocenters. The van der Waals surface area contributed by atoms with Gasteiger partial charge in [0, 0.05) is 24.5 Å². The van der Waals surface area contributed by atoms with Crippen molar-refractivity contribution in [3.63, 3.8) is 0 Å². The van der Waals surface area contributed by atoms with Crippen LogP contribution in [0.15, 0.2) is 54.7 Å². The van der Waals surface area contributed by atoms with E-state index in [4.69, 9.17) is 9.47 Å². The van der Waals surface area contributed by atoms with E-state index in [-0.39, 0.29) is 6.03 Å². The predicted molar refractivity (Wildman–Crippen MR) is 111 cm³/mol. The lowest BCUT2D eigenvalue weighted by atomic mass is 10.1. The lowest BCUT2D eigenvalue weighted by Gasteiger charge is -2.19. The summed E-state index contributed by atoms with van der Waals surface area (Å²) in [6.45, 7) is 3.65. The van der Waals surface area contributed by atoms with Gasteiger partial charge in [-0.15, -0.1) is 0 Å². The maximum Gasteiger partial charge on any atom is 0.319 e. The molecule has 0 saturated heterocycles. The molecule has 0 radical (unpaired) electrons. The van der Waals surface area contributed by atoms with Crippen molar-refractivity contribution >= 4 is 11.7 Å².